The first-order valence-corrected chi connectivity index (χ1v) is 11.2. The topological polar surface area (TPSA) is 52.6 Å². The van der Waals surface area contributed by atoms with E-state index in [0.717, 1.165) is 12.8 Å². The molecule has 0 aromatic heterocycles. The van der Waals surface area contributed by atoms with Crippen LogP contribution in [0.15, 0.2) is 0 Å². The molecule has 1 aliphatic carbocycles. The summed E-state index contributed by atoms with van der Waals surface area (Å²) in [5, 5.41) is 0.0451. The summed E-state index contributed by atoms with van der Waals surface area (Å²) >= 11 is 0. The molecule has 0 aromatic rings. The van der Waals surface area contributed by atoms with Crippen molar-refractivity contribution in [3.8, 4) is 0 Å². The van der Waals surface area contributed by atoms with Crippen molar-refractivity contribution in [1.29, 1.82) is 0 Å². The third-order valence-corrected chi connectivity index (χ3v) is 10.4. The summed E-state index contributed by atoms with van der Waals surface area (Å²) in [7, 11) is -2.07. The second kappa shape index (κ2) is 5.44. The first-order chi connectivity index (χ1) is 9.89. The standard InChI is InChI=1S/C17H30O4Si/c1-15(2,3)22(5,6)21-16(4)11-17(12-20-14(16)19)9-7-13(18)8-10-17/h7-12H2,1-6H3. The van der Waals surface area contributed by atoms with Crippen LogP contribution in [-0.2, 0) is 18.8 Å². The van der Waals surface area contributed by atoms with E-state index in [2.05, 4.69) is 33.9 Å². The van der Waals surface area contributed by atoms with Crippen LogP contribution in [0.3, 0.4) is 0 Å². The molecule has 1 spiro atoms. The number of esters is 1. The molecule has 22 heavy (non-hydrogen) atoms. The molecule has 0 N–H and O–H groups in total. The average molecular weight is 327 g/mol. The molecule has 4 nitrogen and oxygen atoms in total. The Labute approximate surface area is 135 Å². The van der Waals surface area contributed by atoms with E-state index in [1.807, 2.05) is 6.92 Å². The van der Waals surface area contributed by atoms with E-state index < -0.39 is 13.9 Å². The van der Waals surface area contributed by atoms with Crippen LogP contribution in [0.5, 0.6) is 0 Å². The van der Waals surface area contributed by atoms with Gasteiger partial charge in [0, 0.05) is 18.3 Å². The summed E-state index contributed by atoms with van der Waals surface area (Å²) in [6, 6.07) is 0. The van der Waals surface area contributed by atoms with E-state index in [1.165, 1.54) is 0 Å². The van der Waals surface area contributed by atoms with Crippen molar-refractivity contribution in [2.75, 3.05) is 6.61 Å². The van der Waals surface area contributed by atoms with Gasteiger partial charge in [-0.2, -0.15) is 0 Å². The van der Waals surface area contributed by atoms with Crippen molar-refractivity contribution in [3.63, 3.8) is 0 Å². The lowest BCUT2D eigenvalue weighted by atomic mass is 9.67. The van der Waals surface area contributed by atoms with Crippen LogP contribution in [0.4, 0.5) is 0 Å². The fraction of sp³-hybridized carbons (Fsp3) is 0.882. The number of hydrogen-bond acceptors (Lipinski definition) is 4. The molecule has 0 amide bonds. The summed E-state index contributed by atoms with van der Waals surface area (Å²) < 4.78 is 12.0. The summed E-state index contributed by atoms with van der Waals surface area (Å²) in [5.74, 6) is 0.0920. The Bertz CT molecular complexity index is 462. The Morgan fingerprint density at radius 3 is 2.18 bits per heavy atom. The zero-order valence-corrected chi connectivity index (χ0v) is 15.9. The molecule has 0 bridgehead atoms. The first-order valence-electron chi connectivity index (χ1n) is 8.28. The van der Waals surface area contributed by atoms with Crippen LogP contribution in [0.1, 0.15) is 59.8 Å². The van der Waals surface area contributed by atoms with E-state index in [0.29, 0.717) is 31.7 Å². The van der Waals surface area contributed by atoms with Gasteiger partial charge < -0.3 is 9.16 Å². The predicted molar refractivity (Wildman–Crippen MR) is 88.2 cm³/mol. The molecule has 1 atom stereocenters. The summed E-state index contributed by atoms with van der Waals surface area (Å²) in [6.07, 6.45) is 3.52. The van der Waals surface area contributed by atoms with Gasteiger partial charge >= 0.3 is 5.97 Å². The Hall–Kier alpha value is -0.683. The average Bonchev–Trinajstić information content (AvgIpc) is 2.36. The van der Waals surface area contributed by atoms with Gasteiger partial charge in [-0.05, 0) is 44.3 Å². The highest BCUT2D eigenvalue weighted by atomic mass is 28.4. The summed E-state index contributed by atoms with van der Waals surface area (Å²) in [6.45, 7) is 13.2. The van der Waals surface area contributed by atoms with E-state index in [1.54, 1.807) is 0 Å². The van der Waals surface area contributed by atoms with Gasteiger partial charge in [0.05, 0.1) is 6.61 Å². The van der Waals surface area contributed by atoms with E-state index in [9.17, 15) is 9.59 Å². The molecule has 5 heteroatoms. The van der Waals surface area contributed by atoms with Crippen molar-refractivity contribution in [3.05, 3.63) is 0 Å². The molecule has 1 saturated heterocycles. The fourth-order valence-corrected chi connectivity index (χ4v) is 4.97. The van der Waals surface area contributed by atoms with Crippen LogP contribution in [-0.4, -0.2) is 32.3 Å². The third kappa shape index (κ3) is 3.30. The highest BCUT2D eigenvalue weighted by Gasteiger charge is 2.54. The third-order valence-electron chi connectivity index (χ3n) is 5.81. The number of carbonyl (C=O) groups excluding carboxylic acids is 2. The number of hydrogen-bond donors (Lipinski definition) is 0. The van der Waals surface area contributed by atoms with Crippen molar-refractivity contribution in [2.45, 2.75) is 83.5 Å². The van der Waals surface area contributed by atoms with Gasteiger partial charge in [0.15, 0.2) is 13.9 Å². The monoisotopic (exact) mass is 326 g/mol. The maximum absolute atomic E-state index is 12.4. The van der Waals surface area contributed by atoms with Gasteiger partial charge in [-0.3, -0.25) is 4.79 Å². The lowest BCUT2D eigenvalue weighted by Crippen LogP contribution is -2.58. The largest absolute Gasteiger partial charge is 0.463 e. The first kappa shape index (κ1) is 17.7. The van der Waals surface area contributed by atoms with Crippen molar-refractivity contribution >= 4 is 20.1 Å². The number of carbonyl (C=O) groups is 2. The van der Waals surface area contributed by atoms with Crippen molar-refractivity contribution < 1.29 is 18.8 Å². The SMILES string of the molecule is CC1(O[Si](C)(C)C(C)(C)C)CC2(CCC(=O)CC2)COC1=O. The molecule has 2 aliphatic rings. The lowest BCUT2D eigenvalue weighted by Gasteiger charge is -2.50. The van der Waals surface area contributed by atoms with Crippen LogP contribution >= 0.6 is 0 Å². The molecule has 1 saturated carbocycles. The number of ketones is 1. The zero-order valence-electron chi connectivity index (χ0n) is 14.9. The van der Waals surface area contributed by atoms with Gasteiger partial charge in [-0.25, -0.2) is 4.79 Å². The van der Waals surface area contributed by atoms with Crippen molar-refractivity contribution in [2.24, 2.45) is 5.41 Å². The van der Waals surface area contributed by atoms with Gasteiger partial charge in [-0.1, -0.05) is 20.8 Å². The second-order valence-electron chi connectivity index (χ2n) is 8.88. The Morgan fingerprint density at radius 1 is 1.14 bits per heavy atom. The predicted octanol–water partition coefficient (Wildman–Crippen LogP) is 3.84. The molecule has 2 fully saturated rings. The smallest absolute Gasteiger partial charge is 0.337 e. The van der Waals surface area contributed by atoms with Crippen molar-refractivity contribution in [1.82, 2.24) is 0 Å². The maximum Gasteiger partial charge on any atom is 0.337 e. The number of Topliss-reactive ketones (excluding diaryl/α,β-unsaturated/α-hetero) is 1. The van der Waals surface area contributed by atoms with E-state index in [4.69, 9.17) is 9.16 Å². The minimum absolute atomic E-state index is 0.0451. The minimum Gasteiger partial charge on any atom is -0.463 e. The van der Waals surface area contributed by atoms with Crippen LogP contribution in [0.2, 0.25) is 18.1 Å². The van der Waals surface area contributed by atoms with Crippen LogP contribution < -0.4 is 0 Å². The second-order valence-corrected chi connectivity index (χ2v) is 13.6. The molecule has 1 heterocycles. The maximum atomic E-state index is 12.4. The lowest BCUT2D eigenvalue weighted by molar-refractivity contribution is -0.185. The van der Waals surface area contributed by atoms with E-state index >= 15 is 0 Å². The molecule has 2 rings (SSSR count). The zero-order chi connectivity index (χ0) is 16.8. The summed E-state index contributed by atoms with van der Waals surface area (Å²) in [4.78, 5) is 24.0. The quantitative estimate of drug-likeness (QED) is 0.571. The molecule has 0 aromatic carbocycles. The number of rotatable bonds is 2. The van der Waals surface area contributed by atoms with Gasteiger partial charge in [-0.15, -0.1) is 0 Å². The highest BCUT2D eigenvalue weighted by Crippen LogP contribution is 2.49. The fourth-order valence-electron chi connectivity index (χ4n) is 3.38. The van der Waals surface area contributed by atoms with Crippen LogP contribution in [0.25, 0.3) is 0 Å². The molecular weight excluding hydrogens is 296 g/mol. The minimum atomic E-state index is -2.07. The van der Waals surface area contributed by atoms with Gasteiger partial charge in [0.2, 0.25) is 0 Å². The Kier molecular flexibility index (Phi) is 4.37. The molecular formula is C17H30O4Si. The highest BCUT2D eigenvalue weighted by molar-refractivity contribution is 6.74. The van der Waals surface area contributed by atoms with Gasteiger partial charge in [0.25, 0.3) is 0 Å². The number of cyclic esters (lactones) is 1. The summed E-state index contributed by atoms with van der Waals surface area (Å²) in [5.41, 5.74) is -0.944. The molecule has 0 radical (unpaired) electrons. The molecule has 1 aliphatic heterocycles. The number of ether oxygens (including phenoxy) is 1. The normalized spacial score (nSPS) is 29.5. The van der Waals surface area contributed by atoms with Crippen LogP contribution in [0, 0.1) is 5.41 Å². The van der Waals surface area contributed by atoms with Gasteiger partial charge in [0.1, 0.15) is 5.78 Å². The Balaban J connectivity index is 2.20. The Morgan fingerprint density at radius 2 is 1.68 bits per heavy atom. The molecule has 1 unspecified atom stereocenters. The molecule has 126 valence electrons. The van der Waals surface area contributed by atoms with E-state index in [-0.39, 0.29) is 16.4 Å².